The summed E-state index contributed by atoms with van der Waals surface area (Å²) in [5.74, 6) is -2.19. The molecule has 26 nitrogen and oxygen atoms in total. The molecule has 2 saturated heterocycles. The number of furan rings is 1. The van der Waals surface area contributed by atoms with Crippen LogP contribution in [0.4, 0.5) is 9.59 Å². The van der Waals surface area contributed by atoms with Gasteiger partial charge in [-0.15, -0.1) is 6.42 Å². The number of hydrogen-bond acceptors (Lipinski definition) is 15. The van der Waals surface area contributed by atoms with Gasteiger partial charge in [0.25, 0.3) is 23.6 Å². The number of benzene rings is 2. The molecule has 2 atom stereocenters. The highest BCUT2D eigenvalue weighted by Gasteiger charge is 2.53. The van der Waals surface area contributed by atoms with E-state index in [4.69, 9.17) is 30.5 Å². The first-order valence-corrected chi connectivity index (χ1v) is 23.8. The summed E-state index contributed by atoms with van der Waals surface area (Å²) < 4.78 is 16.6. The molecule has 2 aromatic carbocycles. The van der Waals surface area contributed by atoms with Crippen LogP contribution in [0.2, 0.25) is 0 Å². The number of hydrogen-bond donors (Lipinski definition) is 9. The summed E-state index contributed by atoms with van der Waals surface area (Å²) in [5, 5.41) is 36.2. The van der Waals surface area contributed by atoms with Crippen LogP contribution in [0.1, 0.15) is 85.8 Å². The Bertz CT molecular complexity index is 3730. The number of halogens is 1. The Hall–Kier alpha value is -9.85. The Kier molecular flexibility index (Phi) is 15.9. The molecular formula is C51H44IN9O17. The van der Waals surface area contributed by atoms with Gasteiger partial charge in [0.05, 0.1) is 30.9 Å². The number of aromatic amines is 2. The number of aromatic carboxylic acids is 3. The summed E-state index contributed by atoms with van der Waals surface area (Å²) in [4.78, 5) is 141. The lowest BCUT2D eigenvalue weighted by molar-refractivity contribution is -0.125. The molecule has 6 aromatic rings. The normalized spacial score (nSPS) is 17.6. The van der Waals surface area contributed by atoms with Gasteiger partial charge in [-0.2, -0.15) is 0 Å². The van der Waals surface area contributed by atoms with E-state index in [1.54, 1.807) is 57.2 Å². The molecule has 27 heteroatoms. The van der Waals surface area contributed by atoms with Gasteiger partial charge in [-0.1, -0.05) is 18.1 Å². The second-order valence-electron chi connectivity index (χ2n) is 17.5. The van der Waals surface area contributed by atoms with Gasteiger partial charge in [0.1, 0.15) is 33.9 Å². The van der Waals surface area contributed by atoms with Crippen LogP contribution >= 0.6 is 22.6 Å². The van der Waals surface area contributed by atoms with E-state index < -0.39 is 63.7 Å². The zero-order valence-electron chi connectivity index (χ0n) is 41.5. The van der Waals surface area contributed by atoms with Crippen LogP contribution < -0.4 is 41.6 Å². The lowest BCUT2D eigenvalue weighted by Gasteiger charge is -2.29. The van der Waals surface area contributed by atoms with Crippen molar-refractivity contribution in [1.29, 1.82) is 0 Å². The number of rotatable bonds is 10. The molecule has 2 fully saturated rings. The second-order valence-corrected chi connectivity index (χ2v) is 18.6. The number of fused-ring (bicyclic) bond motifs is 3. The fourth-order valence-corrected chi connectivity index (χ4v) is 8.82. The molecule has 0 unspecified atom stereocenters. The lowest BCUT2D eigenvalue weighted by Crippen LogP contribution is -2.54. The molecular weight excluding hydrogens is 1140 g/mol. The minimum absolute atomic E-state index is 0.000728. The van der Waals surface area contributed by atoms with Crippen molar-refractivity contribution in [2.75, 3.05) is 27.3 Å². The van der Waals surface area contributed by atoms with Crippen LogP contribution in [0.15, 0.2) is 81.1 Å². The third-order valence-electron chi connectivity index (χ3n) is 12.5. The molecule has 4 aliphatic heterocycles. The molecule has 0 aliphatic carbocycles. The third kappa shape index (κ3) is 10.9. The topological polar surface area (TPSA) is 379 Å². The number of carboxylic acid groups (broad SMARTS) is 3. The number of aryl methyl sites for hydroxylation is 3. The largest absolute Gasteiger partial charge is 0.497 e. The quantitative estimate of drug-likeness (QED) is 0.0541. The number of H-pyrrole nitrogens is 2. The maximum Gasteiger partial charge on any atom is 0.341 e. The van der Waals surface area contributed by atoms with E-state index >= 15 is 0 Å². The number of carbonyl (C=O) groups is 9. The number of amides is 8. The van der Waals surface area contributed by atoms with Gasteiger partial charge >= 0.3 is 30.0 Å². The lowest BCUT2D eigenvalue weighted by atomic mass is 9.95. The first-order chi connectivity index (χ1) is 36.9. The molecule has 0 spiro atoms. The SMILES string of the molecule is C#C[C@]1(CN2Cc3ccc(OC)cc3C2=O)NC(=O)NC1=O.COc1ccc2c(c1)C(=O)N(C[C@@]1(c3cc4c(C)ncc(C(=O)O)c4o3)NC(=O)NC1=O)C2.Cc1[nH]cc(C(=O)O)c(=O)c1I.Cc1cc(=O)c(C(=O)O)c[nH]1. The number of carbonyl (C=O) groups excluding carboxylic acids is 6. The number of methoxy groups -OCH3 is 2. The summed E-state index contributed by atoms with van der Waals surface area (Å²) in [6, 6.07) is 11.6. The van der Waals surface area contributed by atoms with Gasteiger partial charge in [0, 0.05) is 71.3 Å². The van der Waals surface area contributed by atoms with Crippen LogP contribution in [0.25, 0.3) is 11.0 Å². The summed E-state index contributed by atoms with van der Waals surface area (Å²) in [6.45, 7) is 5.30. The number of aromatic nitrogens is 3. The maximum absolute atomic E-state index is 13.1. The van der Waals surface area contributed by atoms with Crippen LogP contribution in [0, 0.1) is 36.7 Å². The van der Waals surface area contributed by atoms with Gasteiger partial charge < -0.3 is 59.6 Å². The van der Waals surface area contributed by atoms with Crippen LogP contribution in [0.5, 0.6) is 11.5 Å². The molecule has 9 N–H and O–H groups in total. The number of imide groups is 2. The molecule has 78 heavy (non-hydrogen) atoms. The van der Waals surface area contributed by atoms with Crippen molar-refractivity contribution in [3.63, 3.8) is 0 Å². The fourth-order valence-electron chi connectivity index (χ4n) is 8.38. The zero-order valence-corrected chi connectivity index (χ0v) is 43.7. The van der Waals surface area contributed by atoms with Crippen LogP contribution in [0.3, 0.4) is 0 Å². The zero-order chi connectivity index (χ0) is 57.1. The van der Waals surface area contributed by atoms with Crippen molar-refractivity contribution in [2.45, 2.75) is 44.9 Å². The van der Waals surface area contributed by atoms with E-state index in [0.717, 1.165) is 11.1 Å². The second kappa shape index (κ2) is 22.2. The Labute approximate surface area is 452 Å². The number of nitrogens with zero attached hydrogens (tertiary/aromatic N) is 3. The van der Waals surface area contributed by atoms with Crippen LogP contribution in [-0.4, -0.2) is 127 Å². The Balaban J connectivity index is 0.000000168. The van der Waals surface area contributed by atoms with Crippen molar-refractivity contribution >= 4 is 87.2 Å². The third-order valence-corrected chi connectivity index (χ3v) is 13.8. The summed E-state index contributed by atoms with van der Waals surface area (Å²) in [7, 11) is 3.01. The fraction of sp³-hybridized carbons (Fsp3) is 0.216. The molecule has 0 saturated carbocycles. The van der Waals surface area contributed by atoms with Gasteiger partial charge in [0.2, 0.25) is 5.43 Å². The van der Waals surface area contributed by atoms with Gasteiger partial charge in [-0.25, -0.2) is 24.0 Å². The van der Waals surface area contributed by atoms with Gasteiger partial charge in [-0.05, 0) is 84.8 Å². The predicted molar refractivity (Wildman–Crippen MR) is 278 cm³/mol. The van der Waals surface area contributed by atoms with E-state index in [1.807, 2.05) is 22.6 Å². The molecule has 8 amide bonds. The smallest absolute Gasteiger partial charge is 0.341 e. The Morgan fingerprint density at radius 2 is 1.27 bits per heavy atom. The van der Waals surface area contributed by atoms with Gasteiger partial charge in [0.15, 0.2) is 22.1 Å². The Morgan fingerprint density at radius 1 is 0.731 bits per heavy atom. The van der Waals surface area contributed by atoms with E-state index in [0.29, 0.717) is 55.2 Å². The number of urea groups is 2. The molecule has 10 rings (SSSR count). The van der Waals surface area contributed by atoms with Crippen molar-refractivity contribution in [3.05, 3.63) is 153 Å². The maximum atomic E-state index is 13.1. The number of nitrogens with one attached hydrogen (secondary N) is 6. The van der Waals surface area contributed by atoms with Crippen LogP contribution in [-0.2, 0) is 28.2 Å². The number of terminal acetylenes is 1. The summed E-state index contributed by atoms with van der Waals surface area (Å²) in [6.07, 6.45) is 8.99. The molecule has 4 aliphatic rings. The summed E-state index contributed by atoms with van der Waals surface area (Å²) in [5.41, 5.74) is -0.429. The first-order valence-electron chi connectivity index (χ1n) is 22.7. The molecule has 0 bridgehead atoms. The monoisotopic (exact) mass is 1180 g/mol. The highest BCUT2D eigenvalue weighted by Crippen LogP contribution is 2.37. The standard InChI is InChI=1S/C22H18N4O7.C15H13N3O4.C7H6INO3.C7H7NO3/c1-10-13-6-16(33-17(13)15(7-23-10)19(28)29)22(20(30)24-21(31)25-22)9-26-8-11-3-4-12(32-2)5-14(11)18(26)27;1-3-15(13(20)16-14(21)17-15)8-18-7-9-4-5-10(22-2)6-11(9)12(18)19;1-3-5(8)6(10)4(2-9-3)7(11)12;1-4-2-6(9)5(3-8-4)7(10)11/h3-7H,8-9H2,1-2H3,(H,28,29)(H2,24,25,30,31);1,4-6H,7-8H2,2H3,(H2,16,17,20,21);2H,1H3,(H,9,10)(H,11,12);2-3H,1H3,(H,8,9)(H,10,11)/t22-;15-;;/m01../s1. The molecule has 8 heterocycles. The first kappa shape index (κ1) is 55.9. The van der Waals surface area contributed by atoms with Gasteiger partial charge in [-0.3, -0.25) is 44.4 Å². The highest BCUT2D eigenvalue weighted by atomic mass is 127. The summed E-state index contributed by atoms with van der Waals surface area (Å²) >= 11 is 1.82. The van der Waals surface area contributed by atoms with E-state index in [-0.39, 0.29) is 59.5 Å². The van der Waals surface area contributed by atoms with Crippen molar-refractivity contribution in [3.8, 4) is 23.8 Å². The molecule has 0 radical (unpaired) electrons. The van der Waals surface area contributed by atoms with E-state index in [2.05, 4.69) is 42.1 Å². The predicted octanol–water partition coefficient (Wildman–Crippen LogP) is 2.76. The highest BCUT2D eigenvalue weighted by molar-refractivity contribution is 14.1. The van der Waals surface area contributed by atoms with E-state index in [9.17, 15) is 57.8 Å². The average Bonchev–Trinajstić information content (AvgIpc) is 4.41. The molecule has 4 aromatic heterocycles. The minimum Gasteiger partial charge on any atom is -0.497 e. The van der Waals surface area contributed by atoms with Crippen molar-refractivity contribution in [2.24, 2.45) is 0 Å². The number of pyridine rings is 3. The Morgan fingerprint density at radius 3 is 1.76 bits per heavy atom. The molecule has 402 valence electrons. The average molecular weight is 1180 g/mol. The van der Waals surface area contributed by atoms with Crippen molar-refractivity contribution < 1.29 is 72.4 Å². The number of ether oxygens (including phenoxy) is 2. The minimum atomic E-state index is -1.75. The number of carboxylic acids is 3. The van der Waals surface area contributed by atoms with Crippen molar-refractivity contribution in [1.82, 2.24) is 46.0 Å². The van der Waals surface area contributed by atoms with E-state index in [1.165, 1.54) is 54.7 Å².